The normalized spacial score (nSPS) is 10.7. The third-order valence-electron chi connectivity index (χ3n) is 3.13. The first-order valence-electron chi connectivity index (χ1n) is 7.25. The second-order valence-electron chi connectivity index (χ2n) is 4.79. The molecule has 0 amide bonds. The Labute approximate surface area is 120 Å². The van der Waals surface area contributed by atoms with Crippen LogP contribution < -0.4 is 10.1 Å². The van der Waals surface area contributed by atoms with Gasteiger partial charge in [-0.3, -0.25) is 0 Å². The molecule has 0 fully saturated rings. The predicted octanol–water partition coefficient (Wildman–Crippen LogP) is 2.98. The van der Waals surface area contributed by atoms with Crippen molar-refractivity contribution >= 4 is 0 Å². The lowest BCUT2D eigenvalue weighted by Crippen LogP contribution is -2.11. The van der Waals surface area contributed by atoms with E-state index < -0.39 is 0 Å². The summed E-state index contributed by atoms with van der Waals surface area (Å²) in [5, 5.41) is 3.32. The van der Waals surface area contributed by atoms with Gasteiger partial charge in [-0.25, -0.2) is 4.98 Å². The smallest absolute Gasteiger partial charge is 0.130 e. The van der Waals surface area contributed by atoms with Crippen LogP contribution >= 0.6 is 0 Å². The van der Waals surface area contributed by atoms with Crippen molar-refractivity contribution < 1.29 is 4.74 Å². The van der Waals surface area contributed by atoms with Gasteiger partial charge in [-0.2, -0.15) is 0 Å². The van der Waals surface area contributed by atoms with Crippen molar-refractivity contribution in [1.82, 2.24) is 14.9 Å². The Kier molecular flexibility index (Phi) is 5.62. The summed E-state index contributed by atoms with van der Waals surface area (Å²) in [6, 6.07) is 8.22. The molecule has 1 N–H and O–H groups in total. The van der Waals surface area contributed by atoms with Gasteiger partial charge in [0.05, 0.1) is 18.2 Å². The zero-order chi connectivity index (χ0) is 14.2. The Hall–Kier alpha value is -1.81. The monoisotopic (exact) mass is 273 g/mol. The number of ether oxygens (including phenoxy) is 1. The SMILES string of the molecule is CCCn1cncc1COc1cccc(CNCC)c1. The summed E-state index contributed by atoms with van der Waals surface area (Å²) in [7, 11) is 0. The number of benzene rings is 1. The minimum Gasteiger partial charge on any atom is -0.487 e. The van der Waals surface area contributed by atoms with E-state index in [1.807, 2.05) is 24.7 Å². The van der Waals surface area contributed by atoms with Crippen molar-refractivity contribution in [1.29, 1.82) is 0 Å². The van der Waals surface area contributed by atoms with Gasteiger partial charge in [-0.1, -0.05) is 26.0 Å². The van der Waals surface area contributed by atoms with Crippen molar-refractivity contribution in [3.05, 3.63) is 48.0 Å². The first kappa shape index (κ1) is 14.6. The fraction of sp³-hybridized carbons (Fsp3) is 0.438. The molecule has 20 heavy (non-hydrogen) atoms. The Balaban J connectivity index is 1.94. The minimum atomic E-state index is 0.560. The number of nitrogens with one attached hydrogen (secondary N) is 1. The molecule has 0 aliphatic rings. The highest BCUT2D eigenvalue weighted by atomic mass is 16.5. The highest BCUT2D eigenvalue weighted by molar-refractivity contribution is 5.28. The molecule has 1 aromatic carbocycles. The molecule has 0 atom stereocenters. The molecule has 4 nitrogen and oxygen atoms in total. The van der Waals surface area contributed by atoms with Crippen molar-refractivity contribution in [3.63, 3.8) is 0 Å². The first-order valence-corrected chi connectivity index (χ1v) is 7.25. The summed E-state index contributed by atoms with van der Waals surface area (Å²) < 4.78 is 8.01. The van der Waals surface area contributed by atoms with Crippen LogP contribution in [-0.4, -0.2) is 16.1 Å². The van der Waals surface area contributed by atoms with Crippen molar-refractivity contribution in [2.75, 3.05) is 6.54 Å². The maximum atomic E-state index is 5.87. The van der Waals surface area contributed by atoms with E-state index in [0.29, 0.717) is 6.61 Å². The Morgan fingerprint density at radius 2 is 2.20 bits per heavy atom. The quantitative estimate of drug-likeness (QED) is 0.803. The van der Waals surface area contributed by atoms with Gasteiger partial charge in [0.2, 0.25) is 0 Å². The van der Waals surface area contributed by atoms with Crippen molar-refractivity contribution in [3.8, 4) is 5.75 Å². The molecular weight excluding hydrogens is 250 g/mol. The van der Waals surface area contributed by atoms with E-state index >= 15 is 0 Å². The number of aromatic nitrogens is 2. The molecule has 1 heterocycles. The van der Waals surface area contributed by atoms with E-state index in [1.165, 1.54) is 5.56 Å². The summed E-state index contributed by atoms with van der Waals surface area (Å²) in [6.45, 7) is 7.66. The highest BCUT2D eigenvalue weighted by Crippen LogP contribution is 2.15. The van der Waals surface area contributed by atoms with Gasteiger partial charge in [0.1, 0.15) is 12.4 Å². The number of hydrogen-bond acceptors (Lipinski definition) is 3. The molecule has 0 spiro atoms. The molecule has 0 unspecified atom stereocenters. The average molecular weight is 273 g/mol. The van der Waals surface area contributed by atoms with E-state index in [1.54, 1.807) is 0 Å². The van der Waals surface area contributed by atoms with Crippen molar-refractivity contribution in [2.24, 2.45) is 0 Å². The largest absolute Gasteiger partial charge is 0.487 e. The Morgan fingerprint density at radius 3 is 3.00 bits per heavy atom. The highest BCUT2D eigenvalue weighted by Gasteiger charge is 2.03. The van der Waals surface area contributed by atoms with E-state index in [9.17, 15) is 0 Å². The molecule has 0 aliphatic heterocycles. The summed E-state index contributed by atoms with van der Waals surface area (Å²) in [6.07, 6.45) is 4.84. The molecule has 0 bridgehead atoms. The van der Waals surface area contributed by atoms with Gasteiger partial charge < -0.3 is 14.6 Å². The molecule has 0 saturated carbocycles. The van der Waals surface area contributed by atoms with Crippen LogP contribution in [0.25, 0.3) is 0 Å². The zero-order valence-corrected chi connectivity index (χ0v) is 12.3. The second kappa shape index (κ2) is 7.70. The molecule has 2 aromatic rings. The number of hydrogen-bond donors (Lipinski definition) is 1. The van der Waals surface area contributed by atoms with Crippen LogP contribution in [0.3, 0.4) is 0 Å². The lowest BCUT2D eigenvalue weighted by Gasteiger charge is -2.10. The minimum absolute atomic E-state index is 0.560. The maximum absolute atomic E-state index is 5.87. The molecule has 108 valence electrons. The fourth-order valence-corrected chi connectivity index (χ4v) is 2.08. The van der Waals surface area contributed by atoms with Crippen LogP contribution in [0.2, 0.25) is 0 Å². The van der Waals surface area contributed by atoms with Crippen LogP contribution in [0.5, 0.6) is 5.75 Å². The van der Waals surface area contributed by atoms with Gasteiger partial charge in [0, 0.05) is 13.1 Å². The van der Waals surface area contributed by atoms with E-state index in [2.05, 4.69) is 40.8 Å². The molecular formula is C16H23N3O. The topological polar surface area (TPSA) is 39.1 Å². The van der Waals surface area contributed by atoms with Crippen LogP contribution in [0, 0.1) is 0 Å². The number of aryl methyl sites for hydroxylation is 1. The van der Waals surface area contributed by atoms with Gasteiger partial charge >= 0.3 is 0 Å². The molecule has 4 heteroatoms. The summed E-state index contributed by atoms with van der Waals surface area (Å²) in [5.74, 6) is 0.907. The average Bonchev–Trinajstić information content (AvgIpc) is 2.91. The molecule has 0 radical (unpaired) electrons. The third kappa shape index (κ3) is 4.10. The van der Waals surface area contributed by atoms with Crippen molar-refractivity contribution in [2.45, 2.75) is 40.0 Å². The third-order valence-corrected chi connectivity index (χ3v) is 3.13. The standard InChI is InChI=1S/C16H23N3O/c1-3-8-19-13-18-11-15(19)12-20-16-7-5-6-14(9-16)10-17-4-2/h5-7,9,11,13,17H,3-4,8,10,12H2,1-2H3. The molecule has 2 rings (SSSR count). The molecule has 0 aliphatic carbocycles. The lowest BCUT2D eigenvalue weighted by atomic mass is 10.2. The van der Waals surface area contributed by atoms with E-state index in [4.69, 9.17) is 4.74 Å². The van der Waals surface area contributed by atoms with Gasteiger partial charge in [0.25, 0.3) is 0 Å². The second-order valence-corrected chi connectivity index (χ2v) is 4.79. The zero-order valence-electron chi connectivity index (χ0n) is 12.3. The molecule has 0 saturated heterocycles. The predicted molar refractivity (Wildman–Crippen MR) is 80.7 cm³/mol. The fourth-order valence-electron chi connectivity index (χ4n) is 2.08. The van der Waals surface area contributed by atoms with Gasteiger partial charge in [-0.15, -0.1) is 0 Å². The van der Waals surface area contributed by atoms with Crippen LogP contribution in [0.4, 0.5) is 0 Å². The Bertz CT molecular complexity index is 522. The summed E-state index contributed by atoms with van der Waals surface area (Å²) in [4.78, 5) is 4.18. The first-order chi connectivity index (χ1) is 9.83. The van der Waals surface area contributed by atoms with Crippen LogP contribution in [0.15, 0.2) is 36.8 Å². The number of imidazole rings is 1. The van der Waals surface area contributed by atoms with E-state index in [0.717, 1.165) is 37.5 Å². The number of rotatable bonds is 8. The molecule has 1 aromatic heterocycles. The maximum Gasteiger partial charge on any atom is 0.130 e. The summed E-state index contributed by atoms with van der Waals surface area (Å²) >= 11 is 0. The Morgan fingerprint density at radius 1 is 1.30 bits per heavy atom. The van der Waals surface area contributed by atoms with Crippen LogP contribution in [-0.2, 0) is 19.7 Å². The van der Waals surface area contributed by atoms with Crippen LogP contribution in [0.1, 0.15) is 31.5 Å². The lowest BCUT2D eigenvalue weighted by molar-refractivity contribution is 0.294. The summed E-state index contributed by atoms with van der Waals surface area (Å²) in [5.41, 5.74) is 2.36. The number of nitrogens with zero attached hydrogens (tertiary/aromatic N) is 2. The van der Waals surface area contributed by atoms with Gasteiger partial charge in [-0.05, 0) is 30.7 Å². The van der Waals surface area contributed by atoms with Gasteiger partial charge in [0.15, 0.2) is 0 Å². The van der Waals surface area contributed by atoms with E-state index in [-0.39, 0.29) is 0 Å².